The molecular weight excluding hydrogens is 370 g/mol. The molecule has 1 saturated carbocycles. The van der Waals surface area contributed by atoms with E-state index in [4.69, 9.17) is 10.7 Å². The minimum absolute atomic E-state index is 0.349. The quantitative estimate of drug-likeness (QED) is 0.665. The average Bonchev–Trinajstić information content (AvgIpc) is 3.13. The van der Waals surface area contributed by atoms with Gasteiger partial charge in [-0.2, -0.15) is 0 Å². The predicted octanol–water partition coefficient (Wildman–Crippen LogP) is 5.16. The minimum Gasteiger partial charge on any atom is -0.381 e. The second kappa shape index (κ2) is 9.25. The van der Waals surface area contributed by atoms with Crippen LogP contribution in [0.3, 0.4) is 0 Å². The Morgan fingerprint density at radius 3 is 2.67 bits per heavy atom. The molecule has 4 rings (SSSR count). The smallest absolute Gasteiger partial charge is 0.116 e. The molecule has 2 aromatic rings. The highest BCUT2D eigenvalue weighted by molar-refractivity contribution is 5.86. The molecule has 0 unspecified atom stereocenters. The van der Waals surface area contributed by atoms with E-state index in [1.807, 2.05) is 6.20 Å². The number of aromatic nitrogens is 3. The molecule has 0 amide bonds. The van der Waals surface area contributed by atoms with Crippen molar-refractivity contribution < 1.29 is 0 Å². The van der Waals surface area contributed by atoms with Gasteiger partial charge in [-0.05, 0) is 50.5 Å². The van der Waals surface area contributed by atoms with Crippen molar-refractivity contribution in [3.8, 4) is 11.3 Å². The number of rotatable bonds is 7. The third-order valence-electron chi connectivity index (χ3n) is 6.25. The number of nitrogens with one attached hydrogen (secondary N) is 1. The van der Waals surface area contributed by atoms with Gasteiger partial charge in [-0.25, -0.2) is 9.97 Å². The van der Waals surface area contributed by atoms with Gasteiger partial charge in [0.2, 0.25) is 0 Å². The van der Waals surface area contributed by atoms with Gasteiger partial charge in [0.05, 0.1) is 17.1 Å². The maximum atomic E-state index is 6.15. The predicted molar refractivity (Wildman–Crippen MR) is 124 cm³/mol. The summed E-state index contributed by atoms with van der Waals surface area (Å²) in [5.41, 5.74) is 14.4. The van der Waals surface area contributed by atoms with Gasteiger partial charge in [-0.15, -0.1) is 0 Å². The van der Waals surface area contributed by atoms with Crippen molar-refractivity contribution in [2.45, 2.75) is 84.2 Å². The third kappa shape index (κ3) is 4.72. The Hall–Kier alpha value is -2.27. The maximum absolute atomic E-state index is 6.15. The first-order valence-electron chi connectivity index (χ1n) is 11.6. The first kappa shape index (κ1) is 21.0. The van der Waals surface area contributed by atoms with Crippen molar-refractivity contribution >= 4 is 11.8 Å². The largest absolute Gasteiger partial charge is 0.381 e. The topological polar surface area (TPSA) is 76.7 Å². The standard InChI is InChI=1S/C25H35N5/c1-4-5-17-11-21-23(12-17)27-14-22(24-13-20(10-16(2)3)28-15-29-24)25(21)30-19-8-6-18(26)7-9-19/h11,13-16,18-19H,4-10,12,26H2,1-3H3,(H,27,30). The van der Waals surface area contributed by atoms with Crippen LogP contribution in [0.25, 0.3) is 17.3 Å². The van der Waals surface area contributed by atoms with Crippen LogP contribution in [0.4, 0.5) is 5.69 Å². The molecule has 3 N–H and O–H groups in total. The molecule has 0 spiro atoms. The lowest BCUT2D eigenvalue weighted by Gasteiger charge is -2.29. The molecule has 30 heavy (non-hydrogen) atoms. The fourth-order valence-corrected chi connectivity index (χ4v) is 4.71. The number of pyridine rings is 1. The Morgan fingerprint density at radius 1 is 1.13 bits per heavy atom. The van der Waals surface area contributed by atoms with Crippen LogP contribution >= 0.6 is 0 Å². The number of hydrogen-bond acceptors (Lipinski definition) is 5. The van der Waals surface area contributed by atoms with Crippen molar-refractivity contribution in [1.82, 2.24) is 15.0 Å². The highest BCUT2D eigenvalue weighted by Gasteiger charge is 2.25. The lowest BCUT2D eigenvalue weighted by molar-refractivity contribution is 0.411. The first-order chi connectivity index (χ1) is 14.5. The van der Waals surface area contributed by atoms with E-state index in [1.165, 1.54) is 28.9 Å². The van der Waals surface area contributed by atoms with Gasteiger partial charge in [-0.3, -0.25) is 4.98 Å². The van der Waals surface area contributed by atoms with Crippen LogP contribution in [0.2, 0.25) is 0 Å². The van der Waals surface area contributed by atoms with Crippen LogP contribution in [0.1, 0.15) is 76.2 Å². The molecular formula is C25H35N5. The molecule has 2 aliphatic rings. The number of allylic oxidation sites excluding steroid dienone is 1. The van der Waals surface area contributed by atoms with Gasteiger partial charge in [0.1, 0.15) is 6.33 Å². The van der Waals surface area contributed by atoms with Crippen molar-refractivity contribution in [2.75, 3.05) is 5.32 Å². The number of fused-ring (bicyclic) bond motifs is 1. The van der Waals surface area contributed by atoms with Crippen LogP contribution in [0.15, 0.2) is 24.2 Å². The van der Waals surface area contributed by atoms with Crippen LogP contribution in [-0.4, -0.2) is 27.0 Å². The molecule has 5 nitrogen and oxygen atoms in total. The molecule has 1 fully saturated rings. The zero-order valence-corrected chi connectivity index (χ0v) is 18.6. The molecule has 0 aliphatic heterocycles. The van der Waals surface area contributed by atoms with Gasteiger partial charge < -0.3 is 11.1 Å². The molecule has 2 aromatic heterocycles. The summed E-state index contributed by atoms with van der Waals surface area (Å²) >= 11 is 0. The van der Waals surface area contributed by atoms with Crippen molar-refractivity contribution in [2.24, 2.45) is 11.7 Å². The number of nitrogens with two attached hydrogens (primary N) is 1. The summed E-state index contributed by atoms with van der Waals surface area (Å²) in [6.07, 6.45) is 14.7. The van der Waals surface area contributed by atoms with E-state index in [0.717, 1.165) is 61.9 Å². The Kier molecular flexibility index (Phi) is 6.47. The molecule has 0 aromatic carbocycles. The maximum Gasteiger partial charge on any atom is 0.116 e. The van der Waals surface area contributed by atoms with Gasteiger partial charge in [0.15, 0.2) is 0 Å². The Labute approximate surface area is 180 Å². The van der Waals surface area contributed by atoms with E-state index in [0.29, 0.717) is 18.0 Å². The second-order valence-electron chi connectivity index (χ2n) is 9.39. The van der Waals surface area contributed by atoms with Crippen LogP contribution < -0.4 is 11.1 Å². The summed E-state index contributed by atoms with van der Waals surface area (Å²) in [5.74, 6) is 0.564. The summed E-state index contributed by atoms with van der Waals surface area (Å²) in [5, 5.41) is 3.89. The summed E-state index contributed by atoms with van der Waals surface area (Å²) in [6, 6.07) is 2.94. The van der Waals surface area contributed by atoms with Gasteiger partial charge >= 0.3 is 0 Å². The number of anilines is 1. The molecule has 2 aliphatic carbocycles. The molecule has 0 atom stereocenters. The van der Waals surface area contributed by atoms with Crippen molar-refractivity contribution in [3.05, 3.63) is 41.1 Å². The number of nitrogens with zero attached hydrogens (tertiary/aromatic N) is 3. The van der Waals surface area contributed by atoms with Gasteiger partial charge in [-0.1, -0.05) is 38.8 Å². The highest BCUT2D eigenvalue weighted by atomic mass is 14.9. The second-order valence-corrected chi connectivity index (χ2v) is 9.39. The van der Waals surface area contributed by atoms with E-state index in [2.05, 4.69) is 48.2 Å². The van der Waals surface area contributed by atoms with Crippen molar-refractivity contribution in [3.63, 3.8) is 0 Å². The Balaban J connectivity index is 1.72. The minimum atomic E-state index is 0.349. The lowest BCUT2D eigenvalue weighted by Crippen LogP contribution is -2.33. The average molecular weight is 406 g/mol. The van der Waals surface area contributed by atoms with Crippen LogP contribution in [0, 0.1) is 5.92 Å². The summed E-state index contributed by atoms with van der Waals surface area (Å²) in [4.78, 5) is 14.0. The highest BCUT2D eigenvalue weighted by Crippen LogP contribution is 2.39. The van der Waals surface area contributed by atoms with Gasteiger partial charge in [0.25, 0.3) is 0 Å². The molecule has 5 heteroatoms. The zero-order valence-electron chi connectivity index (χ0n) is 18.6. The van der Waals surface area contributed by atoms with Crippen LogP contribution in [0.5, 0.6) is 0 Å². The molecule has 2 heterocycles. The molecule has 0 saturated heterocycles. The van der Waals surface area contributed by atoms with Crippen molar-refractivity contribution in [1.29, 1.82) is 0 Å². The zero-order chi connectivity index (χ0) is 21.1. The van der Waals surface area contributed by atoms with E-state index in [-0.39, 0.29) is 0 Å². The van der Waals surface area contributed by atoms with Gasteiger partial charge in [0, 0.05) is 41.5 Å². The Bertz CT molecular complexity index is 910. The molecule has 160 valence electrons. The lowest BCUT2D eigenvalue weighted by atomic mass is 9.91. The first-order valence-corrected chi connectivity index (χ1v) is 11.6. The fraction of sp³-hybridized carbons (Fsp3) is 0.560. The van der Waals surface area contributed by atoms with E-state index in [9.17, 15) is 0 Å². The third-order valence-corrected chi connectivity index (χ3v) is 6.25. The summed E-state index contributed by atoms with van der Waals surface area (Å²) in [7, 11) is 0. The molecule has 0 bridgehead atoms. The Morgan fingerprint density at radius 2 is 1.93 bits per heavy atom. The summed E-state index contributed by atoms with van der Waals surface area (Å²) < 4.78 is 0. The number of hydrogen-bond donors (Lipinski definition) is 2. The van der Waals surface area contributed by atoms with E-state index < -0.39 is 0 Å². The fourth-order valence-electron chi connectivity index (χ4n) is 4.71. The SMILES string of the molecule is CCCC1=Cc2c(ncc(-c3cc(CC(C)C)ncn3)c2NC2CCC(N)CC2)C1. The molecule has 0 radical (unpaired) electrons. The van der Waals surface area contributed by atoms with E-state index in [1.54, 1.807) is 6.33 Å². The summed E-state index contributed by atoms with van der Waals surface area (Å²) in [6.45, 7) is 6.68. The normalized spacial score (nSPS) is 20.9. The van der Waals surface area contributed by atoms with Crippen LogP contribution in [-0.2, 0) is 12.8 Å². The van der Waals surface area contributed by atoms with E-state index >= 15 is 0 Å². The monoisotopic (exact) mass is 405 g/mol.